The summed E-state index contributed by atoms with van der Waals surface area (Å²) in [5.74, 6) is -1.28. The van der Waals surface area contributed by atoms with Gasteiger partial charge in [0.25, 0.3) is 5.91 Å². The number of rotatable bonds is 6. The third kappa shape index (κ3) is 5.37. The molecule has 1 aliphatic heterocycles. The maximum absolute atomic E-state index is 13.7. The van der Waals surface area contributed by atoms with Crippen LogP contribution in [-0.4, -0.2) is 56.2 Å². The molecule has 30 heavy (non-hydrogen) atoms. The van der Waals surface area contributed by atoms with Crippen molar-refractivity contribution in [2.45, 2.75) is 13.0 Å². The summed E-state index contributed by atoms with van der Waals surface area (Å²) in [6.45, 7) is 4.14. The van der Waals surface area contributed by atoms with Crippen LogP contribution in [0.2, 0.25) is 0 Å². The minimum atomic E-state index is -0.891. The highest BCUT2D eigenvalue weighted by atomic mass is 19.1. The fourth-order valence-corrected chi connectivity index (χ4v) is 3.30. The second kappa shape index (κ2) is 9.91. The number of hydrogen-bond acceptors (Lipinski definition) is 5. The molecule has 3 rings (SSSR count). The number of methoxy groups -OCH3 is 1. The van der Waals surface area contributed by atoms with Crippen molar-refractivity contribution in [3.63, 3.8) is 0 Å². The second-order valence-corrected chi connectivity index (χ2v) is 6.95. The maximum atomic E-state index is 13.7. The minimum Gasteiger partial charge on any atom is -0.494 e. The first-order valence-corrected chi connectivity index (χ1v) is 9.79. The Balaban J connectivity index is 1.49. The molecule has 1 fully saturated rings. The zero-order chi connectivity index (χ0) is 21.5. The summed E-state index contributed by atoms with van der Waals surface area (Å²) >= 11 is 0. The number of esters is 1. The number of nitrogens with zero attached hydrogens (tertiary/aromatic N) is 2. The Kier molecular flexibility index (Phi) is 7.06. The third-order valence-electron chi connectivity index (χ3n) is 4.94. The largest absolute Gasteiger partial charge is 0.494 e. The number of para-hydroxylation sites is 1. The summed E-state index contributed by atoms with van der Waals surface area (Å²) in [5.41, 5.74) is 1.62. The molecular formula is C23H25FN2O4. The standard InChI is InChI=1S/C23H25FN2O4/c1-17(30-22(27)11-9-18-8-10-21(29-2)20(24)16-18)23(28)26-14-12-25(13-15-26)19-6-4-3-5-7-19/h3-11,16-17H,12-15H2,1-2H3/b11-9+/t17-/m0/s1. The summed E-state index contributed by atoms with van der Waals surface area (Å²) in [4.78, 5) is 28.6. The Hall–Kier alpha value is -3.35. The molecule has 1 amide bonds. The molecule has 6 nitrogen and oxygen atoms in total. The first-order chi connectivity index (χ1) is 14.5. The first kappa shape index (κ1) is 21.4. The lowest BCUT2D eigenvalue weighted by molar-refractivity contribution is -0.155. The zero-order valence-corrected chi connectivity index (χ0v) is 17.1. The van der Waals surface area contributed by atoms with Crippen LogP contribution >= 0.6 is 0 Å². The average molecular weight is 412 g/mol. The number of benzene rings is 2. The SMILES string of the molecule is COc1ccc(/C=C/C(=O)O[C@@H](C)C(=O)N2CCN(c3ccccc3)CC2)cc1F. The van der Waals surface area contributed by atoms with Crippen molar-refractivity contribution in [3.8, 4) is 5.75 Å². The van der Waals surface area contributed by atoms with Crippen LogP contribution < -0.4 is 9.64 Å². The van der Waals surface area contributed by atoms with Crippen molar-refractivity contribution in [3.05, 3.63) is 66.0 Å². The molecule has 0 spiro atoms. The molecule has 2 aromatic rings. The lowest BCUT2D eigenvalue weighted by Gasteiger charge is -2.36. The molecular weight excluding hydrogens is 387 g/mol. The molecule has 158 valence electrons. The van der Waals surface area contributed by atoms with Crippen LogP contribution in [0, 0.1) is 5.82 Å². The van der Waals surface area contributed by atoms with Crippen LogP contribution in [0.3, 0.4) is 0 Å². The fraction of sp³-hybridized carbons (Fsp3) is 0.304. The van der Waals surface area contributed by atoms with Gasteiger partial charge >= 0.3 is 5.97 Å². The highest BCUT2D eigenvalue weighted by Crippen LogP contribution is 2.19. The highest BCUT2D eigenvalue weighted by Gasteiger charge is 2.26. The Labute approximate surface area is 175 Å². The van der Waals surface area contributed by atoms with Crippen LogP contribution in [0.4, 0.5) is 10.1 Å². The summed E-state index contributed by atoms with van der Waals surface area (Å²) in [5, 5.41) is 0. The van der Waals surface area contributed by atoms with E-state index >= 15 is 0 Å². The van der Waals surface area contributed by atoms with Crippen molar-refractivity contribution in [2.75, 3.05) is 38.2 Å². The number of hydrogen-bond donors (Lipinski definition) is 0. The van der Waals surface area contributed by atoms with Crippen LogP contribution in [-0.2, 0) is 14.3 Å². The van der Waals surface area contributed by atoms with E-state index in [1.54, 1.807) is 17.9 Å². The van der Waals surface area contributed by atoms with Gasteiger partial charge in [-0.25, -0.2) is 9.18 Å². The molecule has 0 radical (unpaired) electrons. The number of amides is 1. The third-order valence-corrected chi connectivity index (χ3v) is 4.94. The number of piperazine rings is 1. The monoisotopic (exact) mass is 412 g/mol. The van der Waals surface area contributed by atoms with Crippen LogP contribution in [0.1, 0.15) is 12.5 Å². The number of ether oxygens (including phenoxy) is 2. The van der Waals surface area contributed by atoms with Crippen LogP contribution in [0.25, 0.3) is 6.08 Å². The predicted molar refractivity (Wildman–Crippen MR) is 113 cm³/mol. The Bertz CT molecular complexity index is 909. The molecule has 2 aromatic carbocycles. The van der Waals surface area contributed by atoms with Gasteiger partial charge in [0.15, 0.2) is 17.7 Å². The van der Waals surface area contributed by atoms with Crippen molar-refractivity contribution in [1.29, 1.82) is 0 Å². The molecule has 0 aliphatic carbocycles. The molecule has 1 heterocycles. The molecule has 0 aromatic heterocycles. The number of halogens is 1. The molecule has 7 heteroatoms. The van der Waals surface area contributed by atoms with Gasteiger partial charge in [-0.05, 0) is 42.8 Å². The molecule has 0 saturated carbocycles. The lowest BCUT2D eigenvalue weighted by Crippen LogP contribution is -2.51. The molecule has 0 unspecified atom stereocenters. The molecule has 0 N–H and O–H groups in total. The highest BCUT2D eigenvalue weighted by molar-refractivity contribution is 5.90. The summed E-state index contributed by atoms with van der Waals surface area (Å²) in [7, 11) is 1.38. The van der Waals surface area contributed by atoms with Gasteiger partial charge in [-0.2, -0.15) is 0 Å². The molecule has 1 aliphatic rings. The van der Waals surface area contributed by atoms with E-state index in [1.165, 1.54) is 31.4 Å². The predicted octanol–water partition coefficient (Wildman–Crippen LogP) is 3.13. The van der Waals surface area contributed by atoms with E-state index in [2.05, 4.69) is 4.90 Å². The van der Waals surface area contributed by atoms with E-state index in [0.717, 1.165) is 18.8 Å². The Morgan fingerprint density at radius 3 is 2.40 bits per heavy atom. The van der Waals surface area contributed by atoms with Crippen molar-refractivity contribution >= 4 is 23.6 Å². The topological polar surface area (TPSA) is 59.1 Å². The molecule has 0 bridgehead atoms. The van der Waals surface area contributed by atoms with Gasteiger partial charge in [-0.1, -0.05) is 24.3 Å². The molecule has 1 atom stereocenters. The minimum absolute atomic E-state index is 0.126. The van der Waals surface area contributed by atoms with Gasteiger partial charge in [-0.3, -0.25) is 4.79 Å². The Morgan fingerprint density at radius 1 is 1.07 bits per heavy atom. The van der Waals surface area contributed by atoms with Gasteiger partial charge in [0.05, 0.1) is 7.11 Å². The lowest BCUT2D eigenvalue weighted by atomic mass is 10.2. The van der Waals surface area contributed by atoms with E-state index < -0.39 is 17.9 Å². The van der Waals surface area contributed by atoms with E-state index in [-0.39, 0.29) is 11.7 Å². The van der Waals surface area contributed by atoms with Gasteiger partial charge in [0, 0.05) is 37.9 Å². The van der Waals surface area contributed by atoms with E-state index in [1.807, 2.05) is 30.3 Å². The smallest absolute Gasteiger partial charge is 0.331 e. The van der Waals surface area contributed by atoms with Gasteiger partial charge in [-0.15, -0.1) is 0 Å². The van der Waals surface area contributed by atoms with E-state index in [9.17, 15) is 14.0 Å². The quantitative estimate of drug-likeness (QED) is 0.539. The normalized spacial score (nSPS) is 15.2. The van der Waals surface area contributed by atoms with Gasteiger partial charge in [0.2, 0.25) is 0 Å². The van der Waals surface area contributed by atoms with E-state index in [4.69, 9.17) is 9.47 Å². The maximum Gasteiger partial charge on any atom is 0.331 e. The summed E-state index contributed by atoms with van der Waals surface area (Å²) in [6, 6.07) is 14.4. The fourth-order valence-electron chi connectivity index (χ4n) is 3.30. The average Bonchev–Trinajstić information content (AvgIpc) is 2.78. The number of carbonyl (C=O) groups excluding carboxylic acids is 2. The van der Waals surface area contributed by atoms with Crippen molar-refractivity contribution in [1.82, 2.24) is 4.90 Å². The zero-order valence-electron chi connectivity index (χ0n) is 17.1. The number of carbonyl (C=O) groups is 2. The Morgan fingerprint density at radius 2 is 1.77 bits per heavy atom. The summed E-state index contributed by atoms with van der Waals surface area (Å²) < 4.78 is 23.8. The second-order valence-electron chi connectivity index (χ2n) is 6.95. The van der Waals surface area contributed by atoms with Crippen LogP contribution in [0.5, 0.6) is 5.75 Å². The van der Waals surface area contributed by atoms with Crippen molar-refractivity contribution < 1.29 is 23.5 Å². The van der Waals surface area contributed by atoms with Gasteiger partial charge < -0.3 is 19.3 Å². The molecule has 1 saturated heterocycles. The van der Waals surface area contributed by atoms with Gasteiger partial charge in [0.1, 0.15) is 0 Å². The van der Waals surface area contributed by atoms with Crippen molar-refractivity contribution in [2.24, 2.45) is 0 Å². The van der Waals surface area contributed by atoms with Crippen LogP contribution in [0.15, 0.2) is 54.6 Å². The summed E-state index contributed by atoms with van der Waals surface area (Å²) in [6.07, 6.45) is 1.72. The van der Waals surface area contributed by atoms with E-state index in [0.29, 0.717) is 18.7 Å². The first-order valence-electron chi connectivity index (χ1n) is 9.79. The number of anilines is 1.